The van der Waals surface area contributed by atoms with E-state index in [1.54, 1.807) is 0 Å². The maximum absolute atomic E-state index is 8.50. The molecule has 12 N–H and O–H groups in total. The minimum atomic E-state index is 0. The van der Waals surface area contributed by atoms with Crippen molar-refractivity contribution in [2.24, 2.45) is 47.3 Å². The molecule has 9 aliphatic rings. The van der Waals surface area contributed by atoms with E-state index in [4.69, 9.17) is 39.3 Å². The van der Waals surface area contributed by atoms with Crippen molar-refractivity contribution in [2.75, 3.05) is 0 Å². The molecule has 16 unspecified atom stereocenters. The minimum absolute atomic E-state index is 0. The molecule has 49 heavy (non-hydrogen) atoms. The van der Waals surface area contributed by atoms with Gasteiger partial charge in [-0.3, -0.25) is 42.5 Å². The zero-order valence-corrected chi connectivity index (χ0v) is 29.8. The van der Waals surface area contributed by atoms with Crippen LogP contribution in [0.1, 0.15) is 96.3 Å². The first-order valence-electron chi connectivity index (χ1n) is 18.4. The predicted molar refractivity (Wildman–Crippen MR) is 170 cm³/mol. The molecule has 5 aliphatic heterocycles. The van der Waals surface area contributed by atoms with Crippen LogP contribution in [-0.4, -0.2) is 70.6 Å². The molecule has 0 aromatic heterocycles. The molecule has 9 fully saturated rings. The van der Waals surface area contributed by atoms with Crippen LogP contribution in [0.25, 0.3) is 0 Å². The van der Waals surface area contributed by atoms with Crippen LogP contribution in [0.4, 0.5) is 18.1 Å². The van der Waals surface area contributed by atoms with E-state index in [1.165, 1.54) is 96.3 Å². The van der Waals surface area contributed by atoms with Crippen LogP contribution in [0.2, 0.25) is 0 Å². The van der Waals surface area contributed by atoms with Gasteiger partial charge in [-0.1, -0.05) is 69.5 Å². The normalized spacial score (nSPS) is 47.5. The van der Waals surface area contributed by atoms with E-state index in [1.807, 2.05) is 0 Å². The summed E-state index contributed by atoms with van der Waals surface area (Å²) in [6, 6.07) is 0. The summed E-state index contributed by atoms with van der Waals surface area (Å²) >= 11 is 0. The van der Waals surface area contributed by atoms with Crippen LogP contribution in [0.5, 0.6) is 0 Å². The van der Waals surface area contributed by atoms with Crippen molar-refractivity contribution in [1.29, 1.82) is 0 Å². The Morgan fingerprint density at radius 1 is 0.327 bits per heavy atom. The zero-order valence-electron chi connectivity index (χ0n) is 28.2. The quantitative estimate of drug-likeness (QED) is 0.0988. The Labute approximate surface area is 302 Å². The van der Waals surface area contributed by atoms with Crippen LogP contribution < -0.4 is 42.5 Å². The van der Waals surface area contributed by atoms with E-state index in [0.29, 0.717) is 61.2 Å². The van der Waals surface area contributed by atoms with Gasteiger partial charge in [-0.05, 0) is 80.0 Å². The van der Waals surface area contributed by atoms with Crippen LogP contribution in [0.15, 0.2) is 0 Å². The maximum Gasteiger partial charge on any atom is 0.0628 e. The second-order valence-corrected chi connectivity index (χ2v) is 15.4. The number of halogens is 4. The summed E-state index contributed by atoms with van der Waals surface area (Å²) < 4.78 is 34.0. The van der Waals surface area contributed by atoms with Gasteiger partial charge in [0.1, 0.15) is 0 Å². The maximum atomic E-state index is 8.50. The average molecular weight is 744 g/mol. The Balaban J connectivity index is 0.000000564. The molecule has 5 saturated heterocycles. The molecule has 0 radical (unpaired) electrons. The van der Waals surface area contributed by atoms with Crippen LogP contribution in [-0.2, 0) is 21.7 Å². The Hall–Kier alpha value is -0.0457. The number of fused-ring (bicyclic) bond motifs is 20. The third kappa shape index (κ3) is 8.69. The number of hydrogen-bond donors (Lipinski definition) is 12. The van der Waals surface area contributed by atoms with Crippen molar-refractivity contribution >= 4 is 0 Å². The minimum Gasteiger partial charge on any atom is -0.322 e. The van der Waals surface area contributed by atoms with Gasteiger partial charge in [-0.15, -0.1) is 5.92 Å². The fraction of sp³-hybridized carbons (Fsp3) is 0.969. The number of nitrogens with one attached hydrogen (secondary N) is 8. The molecule has 4 saturated carbocycles. The molecular weight excluding hydrogens is 684 g/mol. The van der Waals surface area contributed by atoms with Crippen molar-refractivity contribution < 1.29 is 61.1 Å². The number of rotatable bonds is 0. The summed E-state index contributed by atoms with van der Waals surface area (Å²) in [7, 11) is 0. The average Bonchev–Trinajstić information content (AvgIpc) is 3.91. The molecule has 16 atom stereocenters. The first-order chi connectivity index (χ1) is 23.8. The predicted octanol–water partition coefficient (Wildman–Crippen LogP) is 1.87. The van der Waals surface area contributed by atoms with Gasteiger partial charge in [0.2, 0.25) is 0 Å². The Morgan fingerprint density at radius 3 is 0.837 bits per heavy atom. The van der Waals surface area contributed by atoms with Gasteiger partial charge in [0, 0.05) is 27.9 Å². The van der Waals surface area contributed by atoms with Crippen LogP contribution >= 0.6 is 0 Å². The van der Waals surface area contributed by atoms with Crippen LogP contribution in [0.3, 0.4) is 0 Å². The molecule has 9 rings (SSSR count). The molecule has 0 spiro atoms. The third-order valence-corrected chi connectivity index (χ3v) is 13.6. The molecule has 284 valence electrons. The summed E-state index contributed by atoms with van der Waals surface area (Å²) in [6.45, 7) is 0. The van der Waals surface area contributed by atoms with E-state index >= 15 is 0 Å². The van der Waals surface area contributed by atoms with Gasteiger partial charge in [0.05, 0.1) is 43.2 Å². The zero-order chi connectivity index (χ0) is 34.2. The van der Waals surface area contributed by atoms with Gasteiger partial charge in [0.15, 0.2) is 0 Å². The Bertz CT molecular complexity index is 756. The van der Waals surface area contributed by atoms with Crippen molar-refractivity contribution in [3.8, 4) is 0 Å². The molecular formula is C32H59F4N8O4Ti-. The monoisotopic (exact) mass is 743 g/mol. The molecule has 5 heterocycles. The van der Waals surface area contributed by atoms with E-state index in [9.17, 15) is 0 Å². The van der Waals surface area contributed by atoms with Gasteiger partial charge < -0.3 is 6.42 Å². The summed E-state index contributed by atoms with van der Waals surface area (Å²) in [5.74, 6) is 5.74. The SMILES string of the molecule is OF.OF.OF.OF.[CH-]1CCCC2C3NC(NC4NC(NC5NC(NC6NC(N3)C3CCCCC63)C3CCCCC53)C3CCCCC43)C12.[Ti]. The third-order valence-electron chi connectivity index (χ3n) is 13.6. The molecule has 12 nitrogen and oxygen atoms in total. The van der Waals surface area contributed by atoms with E-state index in [2.05, 4.69) is 49.0 Å². The smallest absolute Gasteiger partial charge is 0.0628 e. The van der Waals surface area contributed by atoms with Crippen molar-refractivity contribution in [1.82, 2.24) is 42.5 Å². The summed E-state index contributed by atoms with van der Waals surface area (Å²) in [6.07, 6.45) is 26.4. The van der Waals surface area contributed by atoms with Crippen LogP contribution in [0, 0.1) is 53.8 Å². The molecule has 0 aromatic carbocycles. The van der Waals surface area contributed by atoms with Crippen molar-refractivity contribution in [3.63, 3.8) is 0 Å². The fourth-order valence-corrected chi connectivity index (χ4v) is 11.7. The van der Waals surface area contributed by atoms with Gasteiger partial charge in [-0.2, -0.15) is 6.42 Å². The van der Waals surface area contributed by atoms with E-state index in [0.717, 1.165) is 35.5 Å². The largest absolute Gasteiger partial charge is 0.322 e. The standard InChI is InChI=1S/C32H55N8.4FHO.Ti/c1-2-10-18-17(9-1)25-33-26(18)38-28-21-13-5-6-14-22(21)30(35-28)40-32-24-16-8-7-15-23(24)31(36-32)39-29-20-12-4-3-11-19(20)27(34-29)37-25;4*1-2;/h9,17-40H,1-8,10-16H2;4*2H;/q-1;;;;;. The molecule has 17 heteroatoms. The van der Waals surface area contributed by atoms with Gasteiger partial charge in [0.25, 0.3) is 0 Å². The Morgan fingerprint density at radius 2 is 0.551 bits per heavy atom. The first kappa shape index (κ1) is 41.7. The molecule has 0 aromatic rings. The summed E-state index contributed by atoms with van der Waals surface area (Å²) in [4.78, 5) is 0. The van der Waals surface area contributed by atoms with Crippen molar-refractivity contribution in [2.45, 2.75) is 146 Å². The number of hydrogen-bond acceptors (Lipinski definition) is 12. The second-order valence-electron chi connectivity index (χ2n) is 15.4. The second kappa shape index (κ2) is 20.4. The fourth-order valence-electron chi connectivity index (χ4n) is 11.7. The molecule has 8 bridgehead atoms. The van der Waals surface area contributed by atoms with E-state index < -0.39 is 0 Å². The van der Waals surface area contributed by atoms with E-state index in [-0.39, 0.29) is 21.7 Å². The summed E-state index contributed by atoms with van der Waals surface area (Å²) in [5.41, 5.74) is 0. The molecule has 4 aliphatic carbocycles. The summed E-state index contributed by atoms with van der Waals surface area (Å²) in [5, 5.41) is 55.7. The molecule has 0 amide bonds. The van der Waals surface area contributed by atoms with Gasteiger partial charge in [-0.25, -0.2) is 21.2 Å². The van der Waals surface area contributed by atoms with Gasteiger partial charge >= 0.3 is 0 Å². The topological polar surface area (TPSA) is 177 Å². The van der Waals surface area contributed by atoms with Crippen molar-refractivity contribution in [3.05, 3.63) is 6.42 Å². The first-order valence-corrected chi connectivity index (χ1v) is 18.4. The Kier molecular flexibility index (Phi) is 17.4.